The van der Waals surface area contributed by atoms with Gasteiger partial charge in [-0.25, -0.2) is 9.59 Å². The highest BCUT2D eigenvalue weighted by atomic mass is 19.4. The van der Waals surface area contributed by atoms with Gasteiger partial charge in [0.25, 0.3) is 0 Å². The van der Waals surface area contributed by atoms with Crippen molar-refractivity contribution in [3.05, 3.63) is 11.6 Å². The van der Waals surface area contributed by atoms with E-state index in [9.17, 15) is 22.8 Å². The molecule has 0 saturated carbocycles. The Kier molecular flexibility index (Phi) is 7.74. The molecule has 0 fully saturated rings. The number of amides is 2. The van der Waals surface area contributed by atoms with Crippen molar-refractivity contribution in [3.8, 4) is 0 Å². The molecule has 1 aliphatic rings. The van der Waals surface area contributed by atoms with Crippen LogP contribution in [0.3, 0.4) is 0 Å². The van der Waals surface area contributed by atoms with Crippen LogP contribution in [0.4, 0.5) is 22.8 Å². The van der Waals surface area contributed by atoms with Crippen LogP contribution in [-0.2, 0) is 9.53 Å². The number of alkyl carbamates (subject to hydrolysis) is 1. The number of hydrogen-bond donors (Lipinski definition) is 4. The zero-order valence-electron chi connectivity index (χ0n) is 13.9. The summed E-state index contributed by atoms with van der Waals surface area (Å²) >= 11 is 0. The summed E-state index contributed by atoms with van der Waals surface area (Å²) in [5.41, 5.74) is 2.38. The first-order chi connectivity index (χ1) is 11.1. The molecule has 0 bridgehead atoms. The smallest absolute Gasteiger partial charge is 0.412 e. The highest BCUT2D eigenvalue weighted by molar-refractivity contribution is 5.74. The van der Waals surface area contributed by atoms with Crippen LogP contribution in [0.25, 0.3) is 0 Å². The summed E-state index contributed by atoms with van der Waals surface area (Å²) in [7, 11) is 0. The predicted molar refractivity (Wildman–Crippen MR) is 79.9 cm³/mol. The van der Waals surface area contributed by atoms with E-state index in [1.165, 1.54) is 0 Å². The first-order valence-corrected chi connectivity index (χ1v) is 7.10. The van der Waals surface area contributed by atoms with Crippen molar-refractivity contribution < 1.29 is 42.5 Å². The average molecular weight is 370 g/mol. The molecule has 0 spiro atoms. The fourth-order valence-corrected chi connectivity index (χ4v) is 2.01. The second-order valence-electron chi connectivity index (χ2n) is 6.20. The number of halogens is 3. The molecule has 0 heterocycles. The van der Waals surface area contributed by atoms with E-state index in [0.29, 0.717) is 0 Å². The third kappa shape index (κ3) is 9.42. The Morgan fingerprint density at radius 1 is 1.24 bits per heavy atom. The van der Waals surface area contributed by atoms with Gasteiger partial charge in [-0.2, -0.15) is 13.2 Å². The minimum absolute atomic E-state index is 0.203. The number of carboxylic acid groups (broad SMARTS) is 2. The second-order valence-corrected chi connectivity index (χ2v) is 6.20. The van der Waals surface area contributed by atoms with E-state index in [2.05, 4.69) is 11.1 Å². The van der Waals surface area contributed by atoms with E-state index >= 15 is 0 Å². The quantitative estimate of drug-likeness (QED) is 0.551. The summed E-state index contributed by atoms with van der Waals surface area (Å²) in [5.74, 6) is -2.72. The molecule has 0 radical (unpaired) electrons. The maximum Gasteiger partial charge on any atom is 0.412 e. The van der Waals surface area contributed by atoms with Crippen molar-refractivity contribution in [2.24, 2.45) is 11.7 Å². The lowest BCUT2D eigenvalue weighted by atomic mass is 9.84. The topological polar surface area (TPSA) is 139 Å². The van der Waals surface area contributed by atoms with E-state index < -0.39 is 53.9 Å². The van der Waals surface area contributed by atoms with Gasteiger partial charge in [-0.05, 0) is 33.6 Å². The number of nitrogens with one attached hydrogen (secondary N) is 1. The van der Waals surface area contributed by atoms with Gasteiger partial charge in [0.1, 0.15) is 5.60 Å². The summed E-state index contributed by atoms with van der Waals surface area (Å²) in [6.07, 6.45) is -6.68. The summed E-state index contributed by atoms with van der Waals surface area (Å²) < 4.78 is 42.8. The molecule has 11 heteroatoms. The van der Waals surface area contributed by atoms with E-state index in [-0.39, 0.29) is 6.42 Å². The van der Waals surface area contributed by atoms with Gasteiger partial charge in [0.15, 0.2) is 0 Å². The number of rotatable bonds is 2. The van der Waals surface area contributed by atoms with Crippen LogP contribution in [-0.4, -0.2) is 46.2 Å². The number of alkyl halides is 3. The molecule has 2 atom stereocenters. The standard InChI is InChI=1S/C13H18F3NO4.CH3NO2/c1-12(2,3)21-11(20)17-9-5-4-7(13(14,15)16)6-8(9)10(18)19;2-1(3)4/h4,8-9H,5-6H2,1-3H3,(H,17,20)(H,18,19);2H2,(H,3,4)/t8-,9-;/m0./s1. The minimum atomic E-state index is -4.55. The van der Waals surface area contributed by atoms with E-state index in [1.807, 2.05) is 0 Å². The highest BCUT2D eigenvalue weighted by Crippen LogP contribution is 2.36. The zero-order valence-corrected chi connectivity index (χ0v) is 13.9. The number of hydrogen-bond acceptors (Lipinski definition) is 4. The molecular weight excluding hydrogens is 349 g/mol. The SMILES string of the molecule is CC(C)(C)OC(=O)N[C@H]1CC=C(C(F)(F)F)C[C@@H]1C(=O)O.NC(=O)O. The van der Waals surface area contributed by atoms with Crippen molar-refractivity contribution in [2.45, 2.75) is 51.4 Å². The van der Waals surface area contributed by atoms with Gasteiger partial charge in [0.05, 0.1) is 5.92 Å². The van der Waals surface area contributed by atoms with Crippen molar-refractivity contribution in [3.63, 3.8) is 0 Å². The molecule has 0 saturated heterocycles. The van der Waals surface area contributed by atoms with Gasteiger partial charge >= 0.3 is 24.3 Å². The summed E-state index contributed by atoms with van der Waals surface area (Å²) in [4.78, 5) is 31.5. The number of carbonyl (C=O) groups is 3. The van der Waals surface area contributed by atoms with Gasteiger partial charge in [-0.1, -0.05) is 6.08 Å². The van der Waals surface area contributed by atoms with Gasteiger partial charge in [0.2, 0.25) is 0 Å². The van der Waals surface area contributed by atoms with Crippen LogP contribution in [0.2, 0.25) is 0 Å². The number of carbonyl (C=O) groups excluding carboxylic acids is 1. The lowest BCUT2D eigenvalue weighted by Gasteiger charge is -2.30. The number of carboxylic acids is 1. The molecule has 8 nitrogen and oxygen atoms in total. The third-order valence-corrected chi connectivity index (χ3v) is 2.93. The average Bonchev–Trinajstić information content (AvgIpc) is 2.34. The van der Waals surface area contributed by atoms with Gasteiger partial charge in [0, 0.05) is 11.6 Å². The molecule has 5 N–H and O–H groups in total. The van der Waals surface area contributed by atoms with E-state index in [1.54, 1.807) is 20.8 Å². The van der Waals surface area contributed by atoms with Gasteiger partial charge in [-0.3, -0.25) is 4.79 Å². The Hall–Kier alpha value is -2.46. The maximum absolute atomic E-state index is 12.6. The zero-order chi connectivity index (χ0) is 20.0. The van der Waals surface area contributed by atoms with Gasteiger partial charge < -0.3 is 26.0 Å². The molecule has 144 valence electrons. The summed E-state index contributed by atoms with van der Waals surface area (Å²) in [6.45, 7) is 4.89. The number of aliphatic carboxylic acids is 1. The van der Waals surface area contributed by atoms with Crippen LogP contribution in [0.15, 0.2) is 11.6 Å². The molecule has 2 amide bonds. The van der Waals surface area contributed by atoms with Crippen molar-refractivity contribution in [1.82, 2.24) is 5.32 Å². The molecule has 0 aromatic carbocycles. The number of ether oxygens (including phenoxy) is 1. The van der Waals surface area contributed by atoms with Crippen LogP contribution < -0.4 is 11.1 Å². The van der Waals surface area contributed by atoms with Gasteiger partial charge in [-0.15, -0.1) is 0 Å². The minimum Gasteiger partial charge on any atom is -0.481 e. The highest BCUT2D eigenvalue weighted by Gasteiger charge is 2.42. The van der Waals surface area contributed by atoms with Crippen LogP contribution >= 0.6 is 0 Å². The molecular formula is C14H21F3N2O6. The molecule has 0 unspecified atom stereocenters. The first-order valence-electron chi connectivity index (χ1n) is 7.10. The van der Waals surface area contributed by atoms with Crippen molar-refractivity contribution in [1.29, 1.82) is 0 Å². The fourth-order valence-electron chi connectivity index (χ4n) is 2.01. The lowest BCUT2D eigenvalue weighted by molar-refractivity contribution is -0.144. The third-order valence-electron chi connectivity index (χ3n) is 2.93. The Balaban J connectivity index is 0.00000129. The molecule has 25 heavy (non-hydrogen) atoms. The number of primary amides is 1. The molecule has 0 aromatic heterocycles. The summed E-state index contributed by atoms with van der Waals surface area (Å²) in [6, 6.07) is -0.927. The first kappa shape index (κ1) is 22.5. The molecule has 1 rings (SSSR count). The Morgan fingerprint density at radius 2 is 1.72 bits per heavy atom. The maximum atomic E-state index is 12.6. The van der Waals surface area contributed by atoms with E-state index in [0.717, 1.165) is 6.08 Å². The normalized spacial score (nSPS) is 20.5. The summed E-state index contributed by atoms with van der Waals surface area (Å²) in [5, 5.41) is 18.6. The molecule has 1 aliphatic carbocycles. The Morgan fingerprint density at radius 3 is 2.08 bits per heavy atom. The largest absolute Gasteiger partial charge is 0.481 e. The van der Waals surface area contributed by atoms with Crippen LogP contribution in [0, 0.1) is 5.92 Å². The van der Waals surface area contributed by atoms with Crippen molar-refractivity contribution >= 4 is 18.2 Å². The molecule has 0 aromatic rings. The Labute approximate surface area is 141 Å². The lowest BCUT2D eigenvalue weighted by Crippen LogP contribution is -2.47. The second kappa shape index (κ2) is 8.58. The molecule has 0 aliphatic heterocycles. The number of nitrogens with two attached hydrogens (primary N) is 1. The Bertz CT molecular complexity index is 536. The number of allylic oxidation sites excluding steroid dienone is 1. The monoisotopic (exact) mass is 370 g/mol. The van der Waals surface area contributed by atoms with Crippen LogP contribution in [0.1, 0.15) is 33.6 Å². The van der Waals surface area contributed by atoms with E-state index in [4.69, 9.17) is 19.7 Å². The van der Waals surface area contributed by atoms with Crippen LogP contribution in [0.5, 0.6) is 0 Å². The van der Waals surface area contributed by atoms with Crippen molar-refractivity contribution in [2.75, 3.05) is 0 Å². The fraction of sp³-hybridized carbons (Fsp3) is 0.643. The predicted octanol–water partition coefficient (Wildman–Crippen LogP) is 2.49.